The molecule has 3 aromatic rings. The Morgan fingerprint density at radius 1 is 1.40 bits per heavy atom. The van der Waals surface area contributed by atoms with Crippen molar-refractivity contribution in [1.82, 2.24) is 9.78 Å². The molecule has 3 rings (SSSR count). The number of amides is 1. The van der Waals surface area contributed by atoms with Gasteiger partial charge in [-0.15, -0.1) is 0 Å². The molecular weight excluding hydrogens is 334 g/mol. The minimum atomic E-state index is -0.272. The molecule has 1 aromatic carbocycles. The van der Waals surface area contributed by atoms with Crippen LogP contribution in [0.4, 0.5) is 10.0 Å². The SMILES string of the molecule is CCn1cc(-c2c(N)sc(NC(=O)c3ccccc3)c2C#N)c(C)n1. The maximum Gasteiger partial charge on any atom is 0.256 e. The molecule has 25 heavy (non-hydrogen) atoms. The van der Waals surface area contributed by atoms with Crippen LogP contribution < -0.4 is 11.1 Å². The van der Waals surface area contributed by atoms with Crippen LogP contribution in [0, 0.1) is 18.3 Å². The average Bonchev–Trinajstić information content (AvgIpc) is 3.14. The van der Waals surface area contributed by atoms with Crippen LogP contribution in [0.2, 0.25) is 0 Å². The van der Waals surface area contributed by atoms with Gasteiger partial charge in [0, 0.05) is 29.4 Å². The maximum atomic E-state index is 12.4. The van der Waals surface area contributed by atoms with E-state index < -0.39 is 0 Å². The van der Waals surface area contributed by atoms with Crippen LogP contribution in [0.1, 0.15) is 28.5 Å². The summed E-state index contributed by atoms with van der Waals surface area (Å²) in [6, 6.07) is 11.0. The van der Waals surface area contributed by atoms with Gasteiger partial charge in [0.15, 0.2) is 0 Å². The van der Waals surface area contributed by atoms with Crippen molar-refractivity contribution >= 4 is 27.2 Å². The van der Waals surface area contributed by atoms with E-state index in [2.05, 4.69) is 16.5 Å². The van der Waals surface area contributed by atoms with E-state index in [1.165, 1.54) is 11.3 Å². The number of aryl methyl sites for hydroxylation is 2. The molecular formula is C18H17N5OS. The van der Waals surface area contributed by atoms with Gasteiger partial charge in [-0.1, -0.05) is 29.5 Å². The number of nitrogens with two attached hydrogens (primary N) is 1. The molecule has 0 unspecified atom stereocenters. The summed E-state index contributed by atoms with van der Waals surface area (Å²) in [5.41, 5.74) is 9.29. The second kappa shape index (κ2) is 6.79. The van der Waals surface area contributed by atoms with Crippen molar-refractivity contribution in [1.29, 1.82) is 5.26 Å². The topological polar surface area (TPSA) is 96.7 Å². The van der Waals surface area contributed by atoms with E-state index in [0.717, 1.165) is 17.8 Å². The summed E-state index contributed by atoms with van der Waals surface area (Å²) in [7, 11) is 0. The summed E-state index contributed by atoms with van der Waals surface area (Å²) < 4.78 is 1.80. The lowest BCUT2D eigenvalue weighted by Crippen LogP contribution is -2.11. The number of nitrogens with one attached hydrogen (secondary N) is 1. The van der Waals surface area contributed by atoms with Crippen LogP contribution in [-0.4, -0.2) is 15.7 Å². The Morgan fingerprint density at radius 3 is 2.72 bits per heavy atom. The first-order valence-electron chi connectivity index (χ1n) is 7.78. The van der Waals surface area contributed by atoms with E-state index in [9.17, 15) is 10.1 Å². The van der Waals surface area contributed by atoms with Crippen LogP contribution >= 0.6 is 11.3 Å². The van der Waals surface area contributed by atoms with Gasteiger partial charge in [0.1, 0.15) is 11.1 Å². The molecule has 0 atom stereocenters. The van der Waals surface area contributed by atoms with Gasteiger partial charge in [-0.05, 0) is 26.0 Å². The number of carbonyl (C=O) groups excluding carboxylic acids is 1. The van der Waals surface area contributed by atoms with E-state index in [4.69, 9.17) is 5.73 Å². The summed E-state index contributed by atoms with van der Waals surface area (Å²) in [5.74, 6) is -0.272. The highest BCUT2D eigenvalue weighted by Gasteiger charge is 2.22. The van der Waals surface area contributed by atoms with E-state index >= 15 is 0 Å². The predicted molar refractivity (Wildman–Crippen MR) is 99.5 cm³/mol. The van der Waals surface area contributed by atoms with Gasteiger partial charge in [-0.2, -0.15) is 10.4 Å². The van der Waals surface area contributed by atoms with Crippen molar-refractivity contribution in [2.75, 3.05) is 11.1 Å². The summed E-state index contributed by atoms with van der Waals surface area (Å²) >= 11 is 1.20. The highest BCUT2D eigenvalue weighted by Crippen LogP contribution is 2.43. The number of thiophene rings is 1. The van der Waals surface area contributed by atoms with Gasteiger partial charge < -0.3 is 11.1 Å². The third kappa shape index (κ3) is 3.12. The lowest BCUT2D eigenvalue weighted by atomic mass is 10.0. The molecule has 0 fully saturated rings. The molecule has 0 saturated carbocycles. The van der Waals surface area contributed by atoms with Crippen molar-refractivity contribution in [2.45, 2.75) is 20.4 Å². The fourth-order valence-corrected chi connectivity index (χ4v) is 3.53. The highest BCUT2D eigenvalue weighted by atomic mass is 32.1. The Bertz CT molecular complexity index is 966. The number of carbonyl (C=O) groups is 1. The van der Waals surface area contributed by atoms with Crippen molar-refractivity contribution < 1.29 is 4.79 Å². The van der Waals surface area contributed by atoms with E-state index in [1.54, 1.807) is 28.9 Å². The van der Waals surface area contributed by atoms with Crippen molar-refractivity contribution in [2.24, 2.45) is 0 Å². The second-order valence-corrected chi connectivity index (χ2v) is 6.51. The zero-order valence-corrected chi connectivity index (χ0v) is 14.7. The molecule has 6 nitrogen and oxygen atoms in total. The third-order valence-electron chi connectivity index (χ3n) is 3.85. The Kier molecular flexibility index (Phi) is 4.55. The fourth-order valence-electron chi connectivity index (χ4n) is 2.60. The van der Waals surface area contributed by atoms with Crippen LogP contribution in [0.25, 0.3) is 11.1 Å². The normalized spacial score (nSPS) is 10.4. The summed E-state index contributed by atoms with van der Waals surface area (Å²) in [6.45, 7) is 4.59. The third-order valence-corrected chi connectivity index (χ3v) is 4.78. The highest BCUT2D eigenvalue weighted by molar-refractivity contribution is 7.21. The molecule has 0 saturated heterocycles. The Morgan fingerprint density at radius 2 is 2.12 bits per heavy atom. The standard InChI is InChI=1S/C18H17N5OS/c1-3-23-10-14(11(2)22-23)15-13(9-19)18(25-16(15)20)21-17(24)12-7-5-4-6-8-12/h4-8,10H,3,20H2,1-2H3,(H,21,24). The number of nitriles is 1. The molecule has 0 bridgehead atoms. The number of hydrogen-bond donors (Lipinski definition) is 2. The number of aromatic nitrogens is 2. The molecule has 7 heteroatoms. The smallest absolute Gasteiger partial charge is 0.256 e. The molecule has 0 aliphatic heterocycles. The summed E-state index contributed by atoms with van der Waals surface area (Å²) in [6.07, 6.45) is 1.87. The van der Waals surface area contributed by atoms with E-state index in [-0.39, 0.29) is 5.91 Å². The molecule has 1 amide bonds. The number of rotatable bonds is 4. The molecule has 126 valence electrons. The Hall–Kier alpha value is -3.11. The van der Waals surface area contributed by atoms with Gasteiger partial charge in [0.05, 0.1) is 16.3 Å². The van der Waals surface area contributed by atoms with E-state index in [1.807, 2.05) is 26.1 Å². The number of anilines is 2. The Balaban J connectivity index is 2.02. The predicted octanol–water partition coefficient (Wildman–Crippen LogP) is 3.65. The first-order valence-corrected chi connectivity index (χ1v) is 8.60. The summed E-state index contributed by atoms with van der Waals surface area (Å²) in [5, 5.41) is 17.8. The van der Waals surface area contributed by atoms with Gasteiger partial charge in [0.2, 0.25) is 0 Å². The zero-order valence-electron chi connectivity index (χ0n) is 13.9. The zero-order chi connectivity index (χ0) is 18.0. The first-order chi connectivity index (χ1) is 12.0. The fraction of sp³-hybridized carbons (Fsp3) is 0.167. The van der Waals surface area contributed by atoms with E-state index in [0.29, 0.717) is 26.7 Å². The molecule has 2 heterocycles. The lowest BCUT2D eigenvalue weighted by molar-refractivity contribution is 0.102. The summed E-state index contributed by atoms with van der Waals surface area (Å²) in [4.78, 5) is 12.4. The number of hydrogen-bond acceptors (Lipinski definition) is 5. The average molecular weight is 351 g/mol. The van der Waals surface area contributed by atoms with Crippen molar-refractivity contribution in [3.8, 4) is 17.2 Å². The molecule has 0 radical (unpaired) electrons. The molecule has 0 spiro atoms. The molecule has 3 N–H and O–H groups in total. The van der Waals surface area contributed by atoms with Crippen LogP contribution in [-0.2, 0) is 6.54 Å². The molecule has 0 aliphatic rings. The molecule has 0 aliphatic carbocycles. The van der Waals surface area contributed by atoms with Crippen LogP contribution in [0.5, 0.6) is 0 Å². The maximum absolute atomic E-state index is 12.4. The largest absolute Gasteiger partial charge is 0.390 e. The van der Waals surface area contributed by atoms with Gasteiger partial charge in [-0.3, -0.25) is 9.48 Å². The lowest BCUT2D eigenvalue weighted by Gasteiger charge is -2.03. The number of nitrogens with zero attached hydrogens (tertiary/aromatic N) is 3. The van der Waals surface area contributed by atoms with Crippen molar-refractivity contribution in [3.63, 3.8) is 0 Å². The minimum Gasteiger partial charge on any atom is -0.390 e. The van der Waals surface area contributed by atoms with Gasteiger partial charge in [-0.25, -0.2) is 0 Å². The Labute approximate surface area is 149 Å². The second-order valence-electron chi connectivity index (χ2n) is 5.46. The number of benzene rings is 1. The van der Waals surface area contributed by atoms with Gasteiger partial charge in [0.25, 0.3) is 5.91 Å². The monoisotopic (exact) mass is 351 g/mol. The molecule has 2 aromatic heterocycles. The van der Waals surface area contributed by atoms with Crippen LogP contribution in [0.15, 0.2) is 36.5 Å². The number of nitrogen functional groups attached to an aromatic ring is 1. The van der Waals surface area contributed by atoms with Crippen LogP contribution in [0.3, 0.4) is 0 Å². The minimum absolute atomic E-state index is 0.272. The van der Waals surface area contributed by atoms with Gasteiger partial charge >= 0.3 is 0 Å². The first kappa shape index (κ1) is 16.7. The van der Waals surface area contributed by atoms with Crippen molar-refractivity contribution in [3.05, 3.63) is 53.3 Å². The quantitative estimate of drug-likeness (QED) is 0.750.